The van der Waals surface area contributed by atoms with Crippen molar-refractivity contribution >= 4 is 0 Å². The first-order valence-electron chi connectivity index (χ1n) is 10.8. The smallest absolute Gasteiger partial charge is 0.241 e. The minimum atomic E-state index is 0.0477. The summed E-state index contributed by atoms with van der Waals surface area (Å²) in [5.74, 6) is 2.21. The fourth-order valence-corrected chi connectivity index (χ4v) is 3.75. The van der Waals surface area contributed by atoms with Crippen LogP contribution in [0.2, 0.25) is 0 Å². The summed E-state index contributed by atoms with van der Waals surface area (Å²) in [6.07, 6.45) is 0.0477. The Morgan fingerprint density at radius 2 is 1.61 bits per heavy atom. The summed E-state index contributed by atoms with van der Waals surface area (Å²) in [5.41, 5.74) is 2.27. The molecule has 0 bridgehead atoms. The average molecular weight is 423 g/mol. The molecule has 1 aromatic heterocycles. The van der Waals surface area contributed by atoms with Crippen molar-refractivity contribution in [2.45, 2.75) is 26.1 Å². The highest BCUT2D eigenvalue weighted by Gasteiger charge is 2.19. The van der Waals surface area contributed by atoms with Crippen molar-refractivity contribution in [3.8, 4) is 17.1 Å². The number of ether oxygens (including phenoxy) is 2. The Morgan fingerprint density at radius 3 is 2.29 bits per heavy atom. The molecule has 1 unspecified atom stereocenters. The van der Waals surface area contributed by atoms with Crippen molar-refractivity contribution in [3.05, 3.63) is 66.1 Å². The SMILES string of the molecule is COCC(C)Oc1ccc(CN2CCN(Cc3nc(-c4ccccc4)no3)CC2)cc1. The van der Waals surface area contributed by atoms with E-state index in [1.165, 1.54) is 5.56 Å². The molecule has 1 saturated heterocycles. The minimum Gasteiger partial charge on any atom is -0.488 e. The molecule has 7 nitrogen and oxygen atoms in total. The van der Waals surface area contributed by atoms with Gasteiger partial charge >= 0.3 is 0 Å². The molecule has 0 aliphatic carbocycles. The van der Waals surface area contributed by atoms with E-state index in [0.717, 1.165) is 44.0 Å². The van der Waals surface area contributed by atoms with Gasteiger partial charge in [0.25, 0.3) is 0 Å². The van der Waals surface area contributed by atoms with Crippen LogP contribution >= 0.6 is 0 Å². The second kappa shape index (κ2) is 10.5. The van der Waals surface area contributed by atoms with E-state index < -0.39 is 0 Å². The molecular weight excluding hydrogens is 392 g/mol. The first-order chi connectivity index (χ1) is 15.2. The molecule has 1 atom stereocenters. The second-order valence-electron chi connectivity index (χ2n) is 7.96. The molecule has 1 fully saturated rings. The molecule has 1 aliphatic rings. The van der Waals surface area contributed by atoms with Crippen molar-refractivity contribution in [2.24, 2.45) is 0 Å². The summed E-state index contributed by atoms with van der Waals surface area (Å²) in [7, 11) is 1.69. The van der Waals surface area contributed by atoms with E-state index in [4.69, 9.17) is 14.0 Å². The predicted octanol–water partition coefficient (Wildman–Crippen LogP) is 3.47. The van der Waals surface area contributed by atoms with Gasteiger partial charge in [0.05, 0.1) is 13.2 Å². The van der Waals surface area contributed by atoms with Crippen molar-refractivity contribution in [1.82, 2.24) is 19.9 Å². The maximum absolute atomic E-state index is 5.84. The molecule has 0 saturated carbocycles. The first-order valence-corrected chi connectivity index (χ1v) is 10.8. The molecule has 0 N–H and O–H groups in total. The molecule has 0 radical (unpaired) electrons. The molecule has 7 heteroatoms. The Kier molecular flexibility index (Phi) is 7.30. The number of benzene rings is 2. The second-order valence-corrected chi connectivity index (χ2v) is 7.96. The monoisotopic (exact) mass is 422 g/mol. The van der Waals surface area contributed by atoms with Gasteiger partial charge in [-0.3, -0.25) is 9.80 Å². The van der Waals surface area contributed by atoms with Crippen LogP contribution in [0.1, 0.15) is 18.4 Å². The molecule has 1 aliphatic heterocycles. The van der Waals surface area contributed by atoms with Gasteiger partial charge in [0, 0.05) is 45.4 Å². The van der Waals surface area contributed by atoms with E-state index in [-0.39, 0.29) is 6.10 Å². The van der Waals surface area contributed by atoms with Gasteiger partial charge in [-0.1, -0.05) is 47.6 Å². The van der Waals surface area contributed by atoms with Gasteiger partial charge in [-0.05, 0) is 24.6 Å². The molecule has 0 amide bonds. The highest BCUT2D eigenvalue weighted by atomic mass is 16.5. The third-order valence-corrected chi connectivity index (χ3v) is 5.39. The fraction of sp³-hybridized carbons (Fsp3) is 0.417. The molecule has 2 aromatic carbocycles. The molecular formula is C24H30N4O3. The largest absolute Gasteiger partial charge is 0.488 e. The Bertz CT molecular complexity index is 922. The first kappa shape index (κ1) is 21.5. The lowest BCUT2D eigenvalue weighted by Crippen LogP contribution is -2.45. The van der Waals surface area contributed by atoms with Gasteiger partial charge in [0.1, 0.15) is 11.9 Å². The number of piperazine rings is 1. The van der Waals surface area contributed by atoms with E-state index in [1.807, 2.05) is 49.4 Å². The summed E-state index contributed by atoms with van der Waals surface area (Å²) in [4.78, 5) is 9.39. The summed E-state index contributed by atoms with van der Waals surface area (Å²) in [6.45, 7) is 8.24. The summed E-state index contributed by atoms with van der Waals surface area (Å²) in [5, 5.41) is 4.12. The molecule has 31 heavy (non-hydrogen) atoms. The quantitative estimate of drug-likeness (QED) is 0.523. The van der Waals surface area contributed by atoms with Crippen molar-refractivity contribution in [1.29, 1.82) is 0 Å². The zero-order chi connectivity index (χ0) is 21.5. The summed E-state index contributed by atoms with van der Waals surface area (Å²) in [6, 6.07) is 18.3. The van der Waals surface area contributed by atoms with Gasteiger partial charge < -0.3 is 14.0 Å². The molecule has 0 spiro atoms. The minimum absolute atomic E-state index is 0.0477. The normalized spacial score (nSPS) is 16.3. The van der Waals surface area contributed by atoms with E-state index in [2.05, 4.69) is 32.1 Å². The van der Waals surface area contributed by atoms with Crippen molar-refractivity contribution in [3.63, 3.8) is 0 Å². The van der Waals surface area contributed by atoms with Crippen LogP contribution in [0.25, 0.3) is 11.4 Å². The highest BCUT2D eigenvalue weighted by molar-refractivity contribution is 5.53. The van der Waals surface area contributed by atoms with E-state index in [1.54, 1.807) is 7.11 Å². The Labute approximate surface area is 183 Å². The van der Waals surface area contributed by atoms with Gasteiger partial charge in [0.2, 0.25) is 11.7 Å². The maximum atomic E-state index is 5.84. The topological polar surface area (TPSA) is 63.9 Å². The average Bonchev–Trinajstić information content (AvgIpc) is 3.26. The van der Waals surface area contributed by atoms with Crippen LogP contribution in [0, 0.1) is 0 Å². The Balaban J connectivity index is 1.22. The maximum Gasteiger partial charge on any atom is 0.241 e. The number of hydrogen-bond acceptors (Lipinski definition) is 7. The fourth-order valence-electron chi connectivity index (χ4n) is 3.75. The van der Waals surface area contributed by atoms with Crippen LogP contribution in [0.4, 0.5) is 0 Å². The summed E-state index contributed by atoms with van der Waals surface area (Å²) >= 11 is 0. The zero-order valence-electron chi connectivity index (χ0n) is 18.2. The van der Waals surface area contributed by atoms with Crippen molar-refractivity contribution < 1.29 is 14.0 Å². The number of methoxy groups -OCH3 is 1. The Morgan fingerprint density at radius 1 is 0.935 bits per heavy atom. The van der Waals surface area contributed by atoms with Crippen LogP contribution < -0.4 is 4.74 Å². The highest BCUT2D eigenvalue weighted by Crippen LogP contribution is 2.18. The Hall–Kier alpha value is -2.74. The van der Waals surface area contributed by atoms with Gasteiger partial charge in [-0.2, -0.15) is 4.98 Å². The lowest BCUT2D eigenvalue weighted by atomic mass is 10.2. The number of aromatic nitrogens is 2. The van der Waals surface area contributed by atoms with E-state index >= 15 is 0 Å². The standard InChI is InChI=1S/C24H30N4O3/c1-19(18-29-2)30-22-10-8-20(9-11-22)16-27-12-14-28(15-13-27)17-23-25-24(26-31-23)21-6-4-3-5-7-21/h3-11,19H,12-18H2,1-2H3. The lowest BCUT2D eigenvalue weighted by molar-refractivity contribution is 0.0920. The third-order valence-electron chi connectivity index (χ3n) is 5.39. The zero-order valence-corrected chi connectivity index (χ0v) is 18.2. The predicted molar refractivity (Wildman–Crippen MR) is 119 cm³/mol. The van der Waals surface area contributed by atoms with Crippen LogP contribution in [-0.4, -0.2) is 65.9 Å². The van der Waals surface area contributed by atoms with Crippen LogP contribution in [0.3, 0.4) is 0 Å². The van der Waals surface area contributed by atoms with Gasteiger partial charge in [-0.25, -0.2) is 0 Å². The van der Waals surface area contributed by atoms with Crippen LogP contribution in [0.5, 0.6) is 5.75 Å². The third kappa shape index (κ3) is 6.13. The number of nitrogens with zero attached hydrogens (tertiary/aromatic N) is 4. The molecule has 2 heterocycles. The van der Waals surface area contributed by atoms with Gasteiger partial charge in [-0.15, -0.1) is 0 Å². The van der Waals surface area contributed by atoms with E-state index in [9.17, 15) is 0 Å². The molecule has 3 aromatic rings. The lowest BCUT2D eigenvalue weighted by Gasteiger charge is -2.33. The van der Waals surface area contributed by atoms with E-state index in [0.29, 0.717) is 24.9 Å². The van der Waals surface area contributed by atoms with Crippen molar-refractivity contribution in [2.75, 3.05) is 39.9 Å². The van der Waals surface area contributed by atoms with Crippen LogP contribution in [0.15, 0.2) is 59.1 Å². The number of hydrogen-bond donors (Lipinski definition) is 0. The molecule has 4 rings (SSSR count). The number of rotatable bonds is 9. The summed E-state index contributed by atoms with van der Waals surface area (Å²) < 4.78 is 16.4. The van der Waals surface area contributed by atoms with Crippen LogP contribution in [-0.2, 0) is 17.8 Å². The molecule has 164 valence electrons. The van der Waals surface area contributed by atoms with Gasteiger partial charge in [0.15, 0.2) is 0 Å².